The number of benzene rings is 1. The van der Waals surface area contributed by atoms with Crippen LogP contribution in [0.2, 0.25) is 0 Å². The molecule has 3 aromatic rings. The summed E-state index contributed by atoms with van der Waals surface area (Å²) in [7, 11) is 0. The van der Waals surface area contributed by atoms with Crippen LogP contribution in [0.25, 0.3) is 11.3 Å². The SMILES string of the molecule is CCC(C)(C)C1CCc2c(sc3c2C(=O)NC(c2ccc(-c4ccccc4[N+](=O)[O-])o2)N3)C1. The van der Waals surface area contributed by atoms with Crippen molar-refractivity contribution in [3.8, 4) is 11.3 Å². The molecule has 33 heavy (non-hydrogen) atoms. The summed E-state index contributed by atoms with van der Waals surface area (Å²) in [5.74, 6) is 1.43. The first kappa shape index (κ1) is 21.7. The lowest BCUT2D eigenvalue weighted by molar-refractivity contribution is -0.384. The van der Waals surface area contributed by atoms with Crippen LogP contribution in [-0.4, -0.2) is 10.8 Å². The largest absolute Gasteiger partial charge is 0.457 e. The molecule has 172 valence electrons. The molecule has 1 amide bonds. The van der Waals surface area contributed by atoms with Crippen molar-refractivity contribution in [2.75, 3.05) is 5.32 Å². The Morgan fingerprint density at radius 2 is 2.00 bits per heavy atom. The molecule has 8 heteroatoms. The third-order valence-electron chi connectivity index (χ3n) is 7.34. The van der Waals surface area contributed by atoms with Gasteiger partial charge in [0.2, 0.25) is 0 Å². The van der Waals surface area contributed by atoms with Gasteiger partial charge in [-0.3, -0.25) is 14.9 Å². The number of nitrogens with one attached hydrogen (secondary N) is 2. The van der Waals surface area contributed by atoms with Crippen molar-refractivity contribution in [2.24, 2.45) is 11.3 Å². The first-order valence-corrected chi connectivity index (χ1v) is 12.2. The highest BCUT2D eigenvalue weighted by Crippen LogP contribution is 2.47. The van der Waals surface area contributed by atoms with E-state index in [0.29, 0.717) is 23.0 Å². The van der Waals surface area contributed by atoms with E-state index >= 15 is 0 Å². The number of carbonyl (C=O) groups is 1. The lowest BCUT2D eigenvalue weighted by Gasteiger charge is -2.36. The number of hydrogen-bond acceptors (Lipinski definition) is 6. The number of amides is 1. The summed E-state index contributed by atoms with van der Waals surface area (Å²) in [6, 6.07) is 9.93. The third kappa shape index (κ3) is 3.72. The van der Waals surface area contributed by atoms with Gasteiger partial charge in [-0.1, -0.05) is 39.3 Å². The maximum Gasteiger partial charge on any atom is 0.280 e. The van der Waals surface area contributed by atoms with Crippen molar-refractivity contribution in [1.82, 2.24) is 5.32 Å². The van der Waals surface area contributed by atoms with Gasteiger partial charge in [-0.15, -0.1) is 11.3 Å². The summed E-state index contributed by atoms with van der Waals surface area (Å²) in [6.07, 6.45) is 3.66. The molecule has 1 aromatic carbocycles. The maximum absolute atomic E-state index is 13.1. The maximum atomic E-state index is 13.1. The number of carbonyl (C=O) groups excluding carboxylic acids is 1. The van der Waals surface area contributed by atoms with Gasteiger partial charge in [-0.05, 0) is 54.4 Å². The Labute approximate surface area is 196 Å². The molecule has 2 aromatic heterocycles. The second-order valence-electron chi connectivity index (χ2n) is 9.52. The zero-order valence-corrected chi connectivity index (χ0v) is 19.8. The minimum Gasteiger partial charge on any atom is -0.457 e. The van der Waals surface area contributed by atoms with Gasteiger partial charge >= 0.3 is 0 Å². The van der Waals surface area contributed by atoms with E-state index in [-0.39, 0.29) is 17.0 Å². The number of nitrogens with zero attached hydrogens (tertiary/aromatic N) is 1. The van der Waals surface area contributed by atoms with E-state index in [9.17, 15) is 14.9 Å². The fourth-order valence-corrected chi connectivity index (χ4v) is 6.24. The summed E-state index contributed by atoms with van der Waals surface area (Å²) in [5, 5.41) is 18.7. The minimum atomic E-state index is -0.524. The van der Waals surface area contributed by atoms with E-state index in [4.69, 9.17) is 4.42 Å². The quantitative estimate of drug-likeness (QED) is 0.340. The number of fused-ring (bicyclic) bond motifs is 3. The first-order chi connectivity index (χ1) is 15.8. The van der Waals surface area contributed by atoms with Crippen LogP contribution >= 0.6 is 11.3 Å². The molecule has 1 aliphatic carbocycles. The molecule has 2 atom stereocenters. The summed E-state index contributed by atoms with van der Waals surface area (Å²) < 4.78 is 5.96. The molecular weight excluding hydrogens is 438 g/mol. The number of anilines is 1. The molecule has 2 unspecified atom stereocenters. The Bertz CT molecular complexity index is 1240. The van der Waals surface area contributed by atoms with Crippen LogP contribution in [0.5, 0.6) is 0 Å². The predicted octanol–water partition coefficient (Wildman–Crippen LogP) is 6.31. The number of nitro benzene ring substituents is 1. The van der Waals surface area contributed by atoms with Gasteiger partial charge in [0, 0.05) is 10.9 Å². The molecule has 7 nitrogen and oxygen atoms in total. The van der Waals surface area contributed by atoms with Crippen LogP contribution in [-0.2, 0) is 12.8 Å². The minimum absolute atomic E-state index is 0.0168. The summed E-state index contributed by atoms with van der Waals surface area (Å²) in [6.45, 7) is 6.92. The van der Waals surface area contributed by atoms with Crippen LogP contribution in [0.4, 0.5) is 10.7 Å². The number of nitro groups is 1. The molecular formula is C25H27N3O4S. The smallest absolute Gasteiger partial charge is 0.280 e. The van der Waals surface area contributed by atoms with E-state index in [2.05, 4.69) is 31.4 Å². The van der Waals surface area contributed by atoms with Crippen molar-refractivity contribution >= 4 is 27.9 Å². The van der Waals surface area contributed by atoms with Gasteiger partial charge < -0.3 is 15.1 Å². The highest BCUT2D eigenvalue weighted by molar-refractivity contribution is 7.16. The van der Waals surface area contributed by atoms with Crippen LogP contribution < -0.4 is 10.6 Å². The van der Waals surface area contributed by atoms with Crippen molar-refractivity contribution in [2.45, 2.75) is 52.6 Å². The molecule has 2 N–H and O–H groups in total. The zero-order chi connectivity index (χ0) is 23.3. The van der Waals surface area contributed by atoms with Crippen molar-refractivity contribution in [1.29, 1.82) is 0 Å². The Morgan fingerprint density at radius 3 is 2.76 bits per heavy atom. The van der Waals surface area contributed by atoms with E-state index in [1.54, 1.807) is 41.7 Å². The average molecular weight is 466 g/mol. The average Bonchev–Trinajstić information content (AvgIpc) is 3.43. The van der Waals surface area contributed by atoms with Gasteiger partial charge in [0.05, 0.1) is 16.1 Å². The second kappa shape index (κ2) is 8.02. The monoisotopic (exact) mass is 465 g/mol. The predicted molar refractivity (Wildman–Crippen MR) is 129 cm³/mol. The molecule has 0 spiro atoms. The molecule has 1 aliphatic heterocycles. The molecule has 0 saturated carbocycles. The van der Waals surface area contributed by atoms with Gasteiger partial charge in [-0.25, -0.2) is 0 Å². The molecule has 0 saturated heterocycles. The fraction of sp³-hybridized carbons (Fsp3) is 0.400. The van der Waals surface area contributed by atoms with Crippen molar-refractivity contribution in [3.05, 3.63) is 68.3 Å². The Balaban J connectivity index is 1.42. The molecule has 0 bridgehead atoms. The normalized spacial score (nSPS) is 19.9. The highest BCUT2D eigenvalue weighted by atomic mass is 32.1. The zero-order valence-electron chi connectivity index (χ0n) is 18.9. The summed E-state index contributed by atoms with van der Waals surface area (Å²) in [5.41, 5.74) is 2.63. The number of furan rings is 1. The molecule has 0 radical (unpaired) electrons. The van der Waals surface area contributed by atoms with Gasteiger partial charge in [-0.2, -0.15) is 0 Å². The Morgan fingerprint density at radius 1 is 1.21 bits per heavy atom. The van der Waals surface area contributed by atoms with Gasteiger partial charge in [0.15, 0.2) is 6.17 Å². The lowest BCUT2D eigenvalue weighted by Crippen LogP contribution is -2.38. The Hall–Kier alpha value is -3.13. The number of para-hydroxylation sites is 1. The summed E-state index contributed by atoms with van der Waals surface area (Å²) in [4.78, 5) is 25.3. The highest BCUT2D eigenvalue weighted by Gasteiger charge is 2.38. The number of thiophene rings is 1. The van der Waals surface area contributed by atoms with Crippen LogP contribution in [0.1, 0.15) is 66.3 Å². The van der Waals surface area contributed by atoms with Gasteiger partial charge in [0.1, 0.15) is 16.5 Å². The van der Waals surface area contributed by atoms with E-state index in [0.717, 1.165) is 36.2 Å². The first-order valence-electron chi connectivity index (χ1n) is 11.3. The lowest BCUT2D eigenvalue weighted by atomic mass is 9.69. The van der Waals surface area contributed by atoms with E-state index in [1.165, 1.54) is 16.5 Å². The van der Waals surface area contributed by atoms with Gasteiger partial charge in [0.25, 0.3) is 11.6 Å². The fourth-order valence-electron chi connectivity index (χ4n) is 4.89. The third-order valence-corrected chi connectivity index (χ3v) is 8.52. The van der Waals surface area contributed by atoms with Crippen LogP contribution in [0.15, 0.2) is 40.8 Å². The molecule has 5 rings (SSSR count). The topological polar surface area (TPSA) is 97.4 Å². The molecule has 3 heterocycles. The van der Waals surface area contributed by atoms with E-state index in [1.807, 2.05) is 0 Å². The number of rotatable bonds is 5. The van der Waals surface area contributed by atoms with Crippen molar-refractivity contribution < 1.29 is 14.1 Å². The molecule has 0 fully saturated rings. The van der Waals surface area contributed by atoms with E-state index < -0.39 is 11.1 Å². The van der Waals surface area contributed by atoms with Crippen LogP contribution in [0, 0.1) is 21.4 Å². The Kier molecular flexibility index (Phi) is 5.28. The second-order valence-corrected chi connectivity index (χ2v) is 10.6. The van der Waals surface area contributed by atoms with Crippen molar-refractivity contribution in [3.63, 3.8) is 0 Å². The standard InChI is InChI=1S/C25H27N3O4S/c1-4-25(2,3)14-9-10-16-20(13-14)33-24-21(16)23(29)26-22(27-24)19-12-11-18(32-19)15-7-5-6-8-17(15)28(30)31/h5-8,11-12,14,22,27H,4,9-10,13H2,1-3H3,(H,26,29). The molecule has 2 aliphatic rings. The summed E-state index contributed by atoms with van der Waals surface area (Å²) >= 11 is 1.68. The van der Waals surface area contributed by atoms with Crippen LogP contribution in [0.3, 0.4) is 0 Å². The number of hydrogen-bond donors (Lipinski definition) is 2.